The maximum Gasteiger partial charge on any atom is 0.155 e. The molecular weight excluding hydrogens is 176 g/mol. The zero-order valence-electron chi connectivity index (χ0n) is 8.44. The molecule has 0 aliphatic heterocycles. The lowest BCUT2D eigenvalue weighted by Gasteiger charge is -2.10. The van der Waals surface area contributed by atoms with Gasteiger partial charge in [0.25, 0.3) is 0 Å². The van der Waals surface area contributed by atoms with Crippen molar-refractivity contribution in [2.75, 3.05) is 0 Å². The molecule has 0 N–H and O–H groups in total. The molecule has 0 unspecified atom stereocenters. The summed E-state index contributed by atoms with van der Waals surface area (Å²) in [6, 6.07) is 9.87. The van der Waals surface area contributed by atoms with Crippen LogP contribution in [0.4, 0.5) is 0 Å². The molecule has 1 aromatic rings. The third kappa shape index (κ3) is 3.44. The van der Waals surface area contributed by atoms with Crippen molar-refractivity contribution in [2.45, 2.75) is 20.0 Å². The molecule has 2 heteroatoms. The molecule has 2 nitrogen and oxygen atoms in total. The van der Waals surface area contributed by atoms with Crippen LogP contribution in [0.15, 0.2) is 42.7 Å². The van der Waals surface area contributed by atoms with Gasteiger partial charge >= 0.3 is 0 Å². The van der Waals surface area contributed by atoms with E-state index in [9.17, 15) is 4.79 Å². The van der Waals surface area contributed by atoms with Gasteiger partial charge in [0.1, 0.15) is 6.10 Å². The highest BCUT2D eigenvalue weighted by atomic mass is 16.5. The Kier molecular flexibility index (Phi) is 3.92. The van der Waals surface area contributed by atoms with Crippen molar-refractivity contribution in [3.63, 3.8) is 0 Å². The average molecular weight is 190 g/mol. The number of rotatable bonds is 4. The second-order valence-corrected chi connectivity index (χ2v) is 3.10. The van der Waals surface area contributed by atoms with Crippen LogP contribution in [-0.2, 0) is 9.53 Å². The van der Waals surface area contributed by atoms with E-state index in [4.69, 9.17) is 4.74 Å². The van der Waals surface area contributed by atoms with E-state index in [1.54, 1.807) is 0 Å². The highest BCUT2D eigenvalue weighted by Crippen LogP contribution is 2.15. The molecule has 14 heavy (non-hydrogen) atoms. The maximum atomic E-state index is 10.6. The number of ether oxygens (including phenoxy) is 1. The van der Waals surface area contributed by atoms with E-state index < -0.39 is 0 Å². The van der Waals surface area contributed by atoms with Crippen molar-refractivity contribution in [1.82, 2.24) is 0 Å². The third-order valence-electron chi connectivity index (χ3n) is 1.85. The summed E-state index contributed by atoms with van der Waals surface area (Å²) in [4.78, 5) is 10.6. The smallest absolute Gasteiger partial charge is 0.155 e. The molecule has 0 amide bonds. The van der Waals surface area contributed by atoms with Gasteiger partial charge in [0.2, 0.25) is 0 Å². The topological polar surface area (TPSA) is 26.3 Å². The van der Waals surface area contributed by atoms with Gasteiger partial charge in [-0.05, 0) is 19.4 Å². The first kappa shape index (κ1) is 10.5. The number of carbonyl (C=O) groups is 1. The van der Waals surface area contributed by atoms with Crippen LogP contribution in [0.2, 0.25) is 0 Å². The molecule has 0 aliphatic carbocycles. The van der Waals surface area contributed by atoms with E-state index in [0.717, 1.165) is 5.56 Å². The van der Waals surface area contributed by atoms with E-state index in [1.807, 2.05) is 37.3 Å². The summed E-state index contributed by atoms with van der Waals surface area (Å²) < 4.78 is 5.34. The molecule has 1 atom stereocenters. The minimum atomic E-state index is -0.0215. The van der Waals surface area contributed by atoms with Crippen molar-refractivity contribution in [3.05, 3.63) is 48.2 Å². The Hall–Kier alpha value is -1.57. The Bertz CT molecular complexity index is 314. The van der Waals surface area contributed by atoms with Crippen molar-refractivity contribution < 1.29 is 9.53 Å². The molecule has 0 aliphatic rings. The number of ketones is 1. The van der Waals surface area contributed by atoms with Crippen LogP contribution in [0, 0.1) is 0 Å². The number of benzene rings is 1. The van der Waals surface area contributed by atoms with Gasteiger partial charge in [0, 0.05) is 6.08 Å². The predicted molar refractivity (Wildman–Crippen MR) is 55.8 cm³/mol. The van der Waals surface area contributed by atoms with Crippen molar-refractivity contribution in [2.24, 2.45) is 0 Å². The Balaban J connectivity index is 2.51. The number of carbonyl (C=O) groups excluding carboxylic acids is 1. The Labute approximate surface area is 84.2 Å². The van der Waals surface area contributed by atoms with Gasteiger partial charge in [-0.3, -0.25) is 4.79 Å². The predicted octanol–water partition coefficient (Wildman–Crippen LogP) is 2.87. The average Bonchev–Trinajstić information content (AvgIpc) is 2.18. The number of allylic oxidation sites excluding steroid dienone is 1. The van der Waals surface area contributed by atoms with Crippen LogP contribution in [0.25, 0.3) is 0 Å². The lowest BCUT2D eigenvalue weighted by molar-refractivity contribution is -0.112. The summed E-state index contributed by atoms with van der Waals surface area (Å²) in [5.74, 6) is -0.00902. The van der Waals surface area contributed by atoms with Gasteiger partial charge in [-0.1, -0.05) is 30.3 Å². The molecule has 0 radical (unpaired) electrons. The molecule has 0 aromatic heterocycles. The Morgan fingerprint density at radius 3 is 2.57 bits per heavy atom. The number of hydrogen-bond acceptors (Lipinski definition) is 2. The quantitative estimate of drug-likeness (QED) is 0.539. The van der Waals surface area contributed by atoms with Gasteiger partial charge in [0.05, 0.1) is 6.26 Å². The highest BCUT2D eigenvalue weighted by molar-refractivity contribution is 5.86. The largest absolute Gasteiger partial charge is 0.494 e. The van der Waals surface area contributed by atoms with Crippen molar-refractivity contribution >= 4 is 5.78 Å². The number of hydrogen-bond donors (Lipinski definition) is 0. The minimum absolute atomic E-state index is 0.00902. The van der Waals surface area contributed by atoms with Gasteiger partial charge in [0.15, 0.2) is 5.78 Å². The lowest BCUT2D eigenvalue weighted by Crippen LogP contribution is -1.94. The second kappa shape index (κ2) is 5.22. The first-order valence-electron chi connectivity index (χ1n) is 4.57. The van der Waals surface area contributed by atoms with Gasteiger partial charge < -0.3 is 4.74 Å². The summed E-state index contributed by atoms with van der Waals surface area (Å²) >= 11 is 0. The zero-order valence-corrected chi connectivity index (χ0v) is 8.44. The van der Waals surface area contributed by atoms with E-state index in [0.29, 0.717) is 0 Å². The normalized spacial score (nSPS) is 12.7. The van der Waals surface area contributed by atoms with Crippen LogP contribution in [0.5, 0.6) is 0 Å². The Morgan fingerprint density at radius 1 is 1.36 bits per heavy atom. The van der Waals surface area contributed by atoms with Crippen LogP contribution in [-0.4, -0.2) is 5.78 Å². The fourth-order valence-electron chi connectivity index (χ4n) is 1.06. The summed E-state index contributed by atoms with van der Waals surface area (Å²) in [6.07, 6.45) is 2.84. The fourth-order valence-corrected chi connectivity index (χ4v) is 1.06. The molecule has 1 rings (SSSR count). The maximum absolute atomic E-state index is 10.6. The molecular formula is C12H14O2. The summed E-state index contributed by atoms with van der Waals surface area (Å²) in [5.41, 5.74) is 1.10. The van der Waals surface area contributed by atoms with Gasteiger partial charge in [-0.25, -0.2) is 0 Å². The van der Waals surface area contributed by atoms with E-state index in [-0.39, 0.29) is 11.9 Å². The minimum Gasteiger partial charge on any atom is -0.494 e. The molecule has 0 fully saturated rings. The molecule has 0 bridgehead atoms. The monoisotopic (exact) mass is 190 g/mol. The summed E-state index contributed by atoms with van der Waals surface area (Å²) in [6.45, 7) is 3.44. The van der Waals surface area contributed by atoms with Crippen LogP contribution >= 0.6 is 0 Å². The molecule has 1 aromatic carbocycles. The SMILES string of the molecule is CC(=O)C=CO[C@@H](C)c1ccccc1. The first-order chi connectivity index (χ1) is 6.70. The van der Waals surface area contributed by atoms with Crippen LogP contribution in [0.1, 0.15) is 25.5 Å². The van der Waals surface area contributed by atoms with E-state index >= 15 is 0 Å². The van der Waals surface area contributed by atoms with Gasteiger partial charge in [-0.15, -0.1) is 0 Å². The van der Waals surface area contributed by atoms with Crippen molar-refractivity contribution in [1.29, 1.82) is 0 Å². The highest BCUT2D eigenvalue weighted by Gasteiger charge is 2.01. The zero-order chi connectivity index (χ0) is 10.4. The summed E-state index contributed by atoms with van der Waals surface area (Å²) in [5, 5.41) is 0. The fraction of sp³-hybridized carbons (Fsp3) is 0.250. The third-order valence-corrected chi connectivity index (χ3v) is 1.85. The first-order valence-corrected chi connectivity index (χ1v) is 4.57. The molecule has 0 spiro atoms. The molecule has 0 saturated carbocycles. The molecule has 0 heterocycles. The Morgan fingerprint density at radius 2 is 2.00 bits per heavy atom. The van der Waals surface area contributed by atoms with Crippen molar-refractivity contribution in [3.8, 4) is 0 Å². The van der Waals surface area contributed by atoms with E-state index in [2.05, 4.69) is 0 Å². The summed E-state index contributed by atoms with van der Waals surface area (Å²) in [7, 11) is 0. The van der Waals surface area contributed by atoms with E-state index in [1.165, 1.54) is 19.3 Å². The molecule has 74 valence electrons. The lowest BCUT2D eigenvalue weighted by atomic mass is 10.1. The van der Waals surface area contributed by atoms with Crippen LogP contribution < -0.4 is 0 Å². The van der Waals surface area contributed by atoms with Gasteiger partial charge in [-0.2, -0.15) is 0 Å². The van der Waals surface area contributed by atoms with Crippen LogP contribution in [0.3, 0.4) is 0 Å². The standard InChI is InChI=1S/C12H14O2/c1-10(13)8-9-14-11(2)12-6-4-3-5-7-12/h3-9,11H,1-2H3/t11-/m0/s1. The molecule has 0 saturated heterocycles. The second-order valence-electron chi connectivity index (χ2n) is 3.10.